The number of hydrogen-bond acceptors (Lipinski definition) is 3. The topological polar surface area (TPSA) is 57.6 Å². The molecule has 5 heteroatoms. The summed E-state index contributed by atoms with van der Waals surface area (Å²) in [5.74, 6) is -0.132. The van der Waals surface area contributed by atoms with Gasteiger partial charge >= 0.3 is 5.97 Å². The predicted octanol–water partition coefficient (Wildman–Crippen LogP) is 2.34. The Labute approximate surface area is 123 Å². The van der Waals surface area contributed by atoms with Gasteiger partial charge in [0.2, 0.25) is 5.91 Å². The molecule has 1 aromatic carbocycles. The molecule has 0 fully saturated rings. The largest absolute Gasteiger partial charge is 0.480 e. The third-order valence-corrected chi connectivity index (χ3v) is 4.58. The zero-order valence-corrected chi connectivity index (χ0v) is 12.4. The summed E-state index contributed by atoms with van der Waals surface area (Å²) >= 11 is 1.61. The molecule has 0 saturated carbocycles. The summed E-state index contributed by atoms with van der Waals surface area (Å²) in [7, 11) is 0. The number of carbonyl (C=O) groups is 2. The molecule has 0 spiro atoms. The lowest BCUT2D eigenvalue weighted by Crippen LogP contribution is -2.39. The fourth-order valence-electron chi connectivity index (χ4n) is 2.46. The summed E-state index contributed by atoms with van der Waals surface area (Å²) in [5.41, 5.74) is 2.25. The maximum absolute atomic E-state index is 12.6. The average molecular weight is 293 g/mol. The summed E-state index contributed by atoms with van der Waals surface area (Å²) in [6, 6.07) is 7.95. The van der Waals surface area contributed by atoms with Crippen molar-refractivity contribution in [2.45, 2.75) is 25.0 Å². The summed E-state index contributed by atoms with van der Waals surface area (Å²) in [4.78, 5) is 25.0. The van der Waals surface area contributed by atoms with Crippen molar-refractivity contribution in [3.05, 3.63) is 35.4 Å². The normalized spacial score (nSPS) is 17.4. The second-order valence-corrected chi connectivity index (χ2v) is 6.07. The highest BCUT2D eigenvalue weighted by Gasteiger charge is 2.30. The molecular formula is C15H19NO3S. The third kappa shape index (κ3) is 3.33. The van der Waals surface area contributed by atoms with Gasteiger partial charge in [0.05, 0.1) is 0 Å². The van der Waals surface area contributed by atoms with Gasteiger partial charge in [0.25, 0.3) is 0 Å². The van der Waals surface area contributed by atoms with Crippen molar-refractivity contribution in [1.29, 1.82) is 0 Å². The van der Waals surface area contributed by atoms with E-state index in [9.17, 15) is 9.59 Å². The van der Waals surface area contributed by atoms with Crippen molar-refractivity contribution in [3.63, 3.8) is 0 Å². The molecule has 1 atom stereocenters. The van der Waals surface area contributed by atoms with E-state index in [0.717, 1.165) is 24.2 Å². The Kier molecular flexibility index (Phi) is 5.06. The maximum atomic E-state index is 12.6. The van der Waals surface area contributed by atoms with Gasteiger partial charge in [-0.15, -0.1) is 11.8 Å². The van der Waals surface area contributed by atoms with Crippen molar-refractivity contribution >= 4 is 23.6 Å². The van der Waals surface area contributed by atoms with Gasteiger partial charge in [-0.3, -0.25) is 9.59 Å². The predicted molar refractivity (Wildman–Crippen MR) is 79.9 cm³/mol. The second kappa shape index (κ2) is 6.79. The highest BCUT2D eigenvalue weighted by atomic mass is 32.2. The van der Waals surface area contributed by atoms with E-state index < -0.39 is 5.97 Å². The monoisotopic (exact) mass is 293 g/mol. The van der Waals surface area contributed by atoms with Crippen LogP contribution < -0.4 is 0 Å². The number of nitrogens with zero attached hydrogens (tertiary/aromatic N) is 1. The zero-order chi connectivity index (χ0) is 14.5. The van der Waals surface area contributed by atoms with E-state index in [1.54, 1.807) is 11.8 Å². The summed E-state index contributed by atoms with van der Waals surface area (Å²) < 4.78 is 0. The first-order valence-corrected chi connectivity index (χ1v) is 7.88. The molecule has 1 N–H and O–H groups in total. The molecule has 108 valence electrons. The maximum Gasteiger partial charge on any atom is 0.323 e. The van der Waals surface area contributed by atoms with Crippen LogP contribution in [0.3, 0.4) is 0 Å². The number of hydrogen-bond donors (Lipinski definition) is 1. The molecule has 2 rings (SSSR count). The lowest BCUT2D eigenvalue weighted by molar-refractivity contribution is -0.144. The fourth-order valence-corrected chi connectivity index (χ4v) is 3.74. The first-order valence-electron chi connectivity index (χ1n) is 6.83. The van der Waals surface area contributed by atoms with E-state index in [1.165, 1.54) is 10.5 Å². The lowest BCUT2D eigenvalue weighted by Gasteiger charge is -2.29. The molecular weight excluding hydrogens is 274 g/mol. The van der Waals surface area contributed by atoms with Crippen molar-refractivity contribution in [1.82, 2.24) is 4.90 Å². The Morgan fingerprint density at radius 3 is 2.85 bits per heavy atom. The third-order valence-electron chi connectivity index (χ3n) is 3.35. The first kappa shape index (κ1) is 14.9. The van der Waals surface area contributed by atoms with Crippen LogP contribution >= 0.6 is 11.8 Å². The highest BCUT2D eigenvalue weighted by Crippen LogP contribution is 2.37. The summed E-state index contributed by atoms with van der Waals surface area (Å²) in [5, 5.41) is 8.69. The minimum absolute atomic E-state index is 0.0774. The van der Waals surface area contributed by atoms with Crippen LogP contribution in [0.1, 0.15) is 29.7 Å². The van der Waals surface area contributed by atoms with Gasteiger partial charge < -0.3 is 10.0 Å². The second-order valence-electron chi connectivity index (χ2n) is 4.85. The SMILES string of the molecule is CCCN(CC(=O)O)C(=O)C1SCCc2ccccc21. The van der Waals surface area contributed by atoms with Crippen molar-refractivity contribution < 1.29 is 14.7 Å². The molecule has 0 saturated heterocycles. The van der Waals surface area contributed by atoms with Gasteiger partial charge in [-0.1, -0.05) is 31.2 Å². The number of carbonyl (C=O) groups excluding carboxylic acids is 1. The average Bonchev–Trinajstić information content (AvgIpc) is 2.45. The van der Waals surface area contributed by atoms with Crippen molar-refractivity contribution in [3.8, 4) is 0 Å². The molecule has 0 radical (unpaired) electrons. The van der Waals surface area contributed by atoms with E-state index in [2.05, 4.69) is 6.07 Å². The molecule has 20 heavy (non-hydrogen) atoms. The minimum atomic E-state index is -0.958. The number of fused-ring (bicyclic) bond motifs is 1. The van der Waals surface area contributed by atoms with E-state index >= 15 is 0 Å². The molecule has 1 aliphatic heterocycles. The smallest absolute Gasteiger partial charge is 0.323 e. The van der Waals surface area contributed by atoms with Crippen molar-refractivity contribution in [2.75, 3.05) is 18.8 Å². The van der Waals surface area contributed by atoms with Gasteiger partial charge in [-0.05, 0) is 29.7 Å². The van der Waals surface area contributed by atoms with Crippen LogP contribution in [-0.2, 0) is 16.0 Å². The number of benzene rings is 1. The van der Waals surface area contributed by atoms with E-state index in [0.29, 0.717) is 6.54 Å². The summed E-state index contributed by atoms with van der Waals surface area (Å²) in [6.07, 6.45) is 1.73. The minimum Gasteiger partial charge on any atom is -0.480 e. The van der Waals surface area contributed by atoms with Crippen LogP contribution in [0.4, 0.5) is 0 Å². The van der Waals surface area contributed by atoms with Crippen LogP contribution in [0.5, 0.6) is 0 Å². The van der Waals surface area contributed by atoms with Crippen molar-refractivity contribution in [2.24, 2.45) is 0 Å². The molecule has 1 unspecified atom stereocenters. The molecule has 0 bridgehead atoms. The van der Waals surface area contributed by atoms with Crippen LogP contribution in [0, 0.1) is 0 Å². The highest BCUT2D eigenvalue weighted by molar-refractivity contribution is 8.00. The van der Waals surface area contributed by atoms with E-state index in [1.807, 2.05) is 25.1 Å². The molecule has 1 amide bonds. The molecule has 1 aliphatic rings. The molecule has 1 aromatic rings. The molecule has 0 aliphatic carbocycles. The number of carboxylic acids is 1. The summed E-state index contributed by atoms with van der Waals surface area (Å²) in [6.45, 7) is 2.22. The van der Waals surface area contributed by atoms with Crippen LogP contribution in [0.25, 0.3) is 0 Å². The van der Waals surface area contributed by atoms with Gasteiger partial charge in [0, 0.05) is 6.54 Å². The fraction of sp³-hybridized carbons (Fsp3) is 0.467. The Morgan fingerprint density at radius 2 is 2.15 bits per heavy atom. The standard InChI is InChI=1S/C15H19NO3S/c1-2-8-16(10-13(17)18)15(19)14-12-6-4-3-5-11(12)7-9-20-14/h3-6,14H,2,7-10H2,1H3,(H,17,18). The van der Waals surface area contributed by atoms with Gasteiger partial charge in [0.1, 0.15) is 11.8 Å². The number of amides is 1. The van der Waals surface area contributed by atoms with E-state index in [-0.39, 0.29) is 17.7 Å². The number of rotatable bonds is 5. The zero-order valence-electron chi connectivity index (χ0n) is 11.5. The van der Waals surface area contributed by atoms with Gasteiger partial charge in [-0.25, -0.2) is 0 Å². The van der Waals surface area contributed by atoms with Gasteiger partial charge in [0.15, 0.2) is 0 Å². The quantitative estimate of drug-likeness (QED) is 0.905. The number of aliphatic carboxylic acids is 1. The Hall–Kier alpha value is -1.49. The van der Waals surface area contributed by atoms with Gasteiger partial charge in [-0.2, -0.15) is 0 Å². The Bertz CT molecular complexity index is 504. The number of thioether (sulfide) groups is 1. The van der Waals surface area contributed by atoms with E-state index in [4.69, 9.17) is 5.11 Å². The van der Waals surface area contributed by atoms with Crippen LogP contribution in [-0.4, -0.2) is 40.7 Å². The molecule has 0 aromatic heterocycles. The lowest BCUT2D eigenvalue weighted by atomic mass is 10.0. The molecule has 4 nitrogen and oxygen atoms in total. The van der Waals surface area contributed by atoms with Crippen LogP contribution in [0.15, 0.2) is 24.3 Å². The van der Waals surface area contributed by atoms with Crippen LogP contribution in [0.2, 0.25) is 0 Å². The number of carboxylic acid groups (broad SMARTS) is 1. The first-order chi connectivity index (χ1) is 9.63. The Balaban J connectivity index is 2.21. The molecule has 1 heterocycles. The Morgan fingerprint density at radius 1 is 1.40 bits per heavy atom. The number of aryl methyl sites for hydroxylation is 1.